The molecule has 3 nitrogen and oxygen atoms in total. The second-order valence-corrected chi connectivity index (χ2v) is 4.63. The molecule has 2 aromatic rings. The molecule has 0 spiro atoms. The zero-order valence-electron chi connectivity index (χ0n) is 9.95. The van der Waals surface area contributed by atoms with Crippen LogP contribution in [0, 0.1) is 0 Å². The lowest BCUT2D eigenvalue weighted by Crippen LogP contribution is -2.17. The van der Waals surface area contributed by atoms with Gasteiger partial charge in [-0.1, -0.05) is 12.1 Å². The van der Waals surface area contributed by atoms with E-state index in [1.807, 2.05) is 0 Å². The lowest BCUT2D eigenvalue weighted by Gasteiger charge is -2.12. The van der Waals surface area contributed by atoms with Crippen LogP contribution in [0.15, 0.2) is 46.9 Å². The molecular formula is C13H9BrF3NO2. The fourth-order valence-electron chi connectivity index (χ4n) is 1.45. The van der Waals surface area contributed by atoms with E-state index in [4.69, 9.17) is 10.5 Å². The first-order valence-corrected chi connectivity index (χ1v) is 6.22. The van der Waals surface area contributed by atoms with Gasteiger partial charge in [-0.3, -0.25) is 0 Å². The molecule has 0 aliphatic carbocycles. The minimum absolute atomic E-state index is 0.127. The molecule has 0 aliphatic heterocycles. The van der Waals surface area contributed by atoms with E-state index in [2.05, 4.69) is 20.7 Å². The highest BCUT2D eigenvalue weighted by molar-refractivity contribution is 9.10. The van der Waals surface area contributed by atoms with Gasteiger partial charge in [-0.05, 0) is 46.3 Å². The second-order valence-electron chi connectivity index (χ2n) is 3.78. The summed E-state index contributed by atoms with van der Waals surface area (Å²) in [6.45, 7) is 0. The Kier molecular flexibility index (Phi) is 4.08. The maximum absolute atomic E-state index is 12.1. The Hall–Kier alpha value is -1.89. The summed E-state index contributed by atoms with van der Waals surface area (Å²) in [6, 6.07) is 10.7. The molecule has 2 N–H and O–H groups in total. The molecule has 7 heteroatoms. The van der Waals surface area contributed by atoms with Crippen molar-refractivity contribution in [3.63, 3.8) is 0 Å². The molecule has 20 heavy (non-hydrogen) atoms. The van der Waals surface area contributed by atoms with E-state index in [0.717, 1.165) is 6.07 Å². The van der Waals surface area contributed by atoms with Crippen molar-refractivity contribution in [1.29, 1.82) is 0 Å². The summed E-state index contributed by atoms with van der Waals surface area (Å²) in [5.74, 6) is 0.416. The van der Waals surface area contributed by atoms with Crippen LogP contribution in [0.3, 0.4) is 0 Å². The number of nitrogen functional groups attached to an aromatic ring is 1. The molecule has 0 heterocycles. The Bertz CT molecular complexity index is 617. The minimum atomic E-state index is -4.74. The number of nitrogens with two attached hydrogens (primary N) is 1. The van der Waals surface area contributed by atoms with Gasteiger partial charge in [-0.2, -0.15) is 0 Å². The highest BCUT2D eigenvalue weighted by Gasteiger charge is 2.32. The quantitative estimate of drug-likeness (QED) is 0.817. The number of alkyl halides is 3. The van der Waals surface area contributed by atoms with Crippen molar-refractivity contribution >= 4 is 21.6 Å². The molecule has 0 unspecified atom stereocenters. The SMILES string of the molecule is Nc1ccccc1Oc1ccc(OC(F)(F)F)c(Br)c1. The van der Waals surface area contributed by atoms with Gasteiger partial charge < -0.3 is 15.2 Å². The average Bonchev–Trinajstić information content (AvgIpc) is 2.34. The standard InChI is InChI=1S/C13H9BrF3NO2/c14-9-7-8(5-6-11(9)20-13(15,16)17)19-12-4-2-1-3-10(12)18/h1-7H,18H2. The van der Waals surface area contributed by atoms with Crippen LogP contribution in [0.5, 0.6) is 17.2 Å². The van der Waals surface area contributed by atoms with Crippen molar-refractivity contribution in [3.05, 3.63) is 46.9 Å². The van der Waals surface area contributed by atoms with Gasteiger partial charge in [0.25, 0.3) is 0 Å². The highest BCUT2D eigenvalue weighted by atomic mass is 79.9. The maximum atomic E-state index is 12.1. The number of anilines is 1. The molecule has 0 aromatic heterocycles. The first-order valence-electron chi connectivity index (χ1n) is 5.43. The topological polar surface area (TPSA) is 44.5 Å². The normalized spacial score (nSPS) is 11.2. The van der Waals surface area contributed by atoms with E-state index in [-0.39, 0.29) is 10.2 Å². The van der Waals surface area contributed by atoms with Crippen LogP contribution in [-0.2, 0) is 0 Å². The van der Waals surface area contributed by atoms with Gasteiger partial charge in [0.05, 0.1) is 10.2 Å². The molecule has 106 valence electrons. The molecule has 0 saturated heterocycles. The van der Waals surface area contributed by atoms with Crippen LogP contribution < -0.4 is 15.2 Å². The molecule has 0 radical (unpaired) electrons. The van der Waals surface area contributed by atoms with Crippen molar-refractivity contribution < 1.29 is 22.6 Å². The third-order valence-electron chi connectivity index (χ3n) is 2.28. The zero-order chi connectivity index (χ0) is 14.8. The molecule has 0 amide bonds. The van der Waals surface area contributed by atoms with Crippen LogP contribution >= 0.6 is 15.9 Å². The molecule has 0 bridgehead atoms. The predicted molar refractivity (Wildman–Crippen MR) is 71.8 cm³/mol. The van der Waals surface area contributed by atoms with E-state index in [0.29, 0.717) is 17.2 Å². The maximum Gasteiger partial charge on any atom is 0.573 e. The van der Waals surface area contributed by atoms with E-state index in [1.54, 1.807) is 24.3 Å². The molecule has 0 fully saturated rings. The van der Waals surface area contributed by atoms with Crippen LogP contribution in [0.25, 0.3) is 0 Å². The second kappa shape index (κ2) is 5.62. The van der Waals surface area contributed by atoms with E-state index >= 15 is 0 Å². The third-order valence-corrected chi connectivity index (χ3v) is 2.90. The summed E-state index contributed by atoms with van der Waals surface area (Å²) >= 11 is 3.00. The Morgan fingerprint density at radius 2 is 1.70 bits per heavy atom. The Balaban J connectivity index is 2.19. The van der Waals surface area contributed by atoms with Crippen molar-refractivity contribution in [2.24, 2.45) is 0 Å². The number of rotatable bonds is 3. The summed E-state index contributed by atoms with van der Waals surface area (Å²) in [7, 11) is 0. The highest BCUT2D eigenvalue weighted by Crippen LogP contribution is 2.35. The first kappa shape index (κ1) is 14.5. The van der Waals surface area contributed by atoms with Crippen molar-refractivity contribution in [3.8, 4) is 17.2 Å². The van der Waals surface area contributed by atoms with Gasteiger partial charge >= 0.3 is 6.36 Å². The number of hydrogen-bond acceptors (Lipinski definition) is 3. The molecule has 0 aliphatic rings. The Morgan fingerprint density at radius 1 is 1.00 bits per heavy atom. The van der Waals surface area contributed by atoms with Crippen LogP contribution in [-0.4, -0.2) is 6.36 Å². The van der Waals surface area contributed by atoms with Gasteiger partial charge in [-0.25, -0.2) is 0 Å². The predicted octanol–water partition coefficient (Wildman–Crippen LogP) is 4.72. The molecule has 0 saturated carbocycles. The summed E-state index contributed by atoms with van der Waals surface area (Å²) in [5, 5.41) is 0. The number of benzene rings is 2. The molecule has 2 rings (SSSR count). The van der Waals surface area contributed by atoms with Crippen LogP contribution in [0.1, 0.15) is 0 Å². The van der Waals surface area contributed by atoms with Gasteiger partial charge in [0, 0.05) is 0 Å². The lowest BCUT2D eigenvalue weighted by atomic mass is 10.3. The number of halogens is 4. The first-order chi connectivity index (χ1) is 9.35. The smallest absolute Gasteiger partial charge is 0.455 e. The summed E-state index contributed by atoms with van der Waals surface area (Å²) in [4.78, 5) is 0. The monoisotopic (exact) mass is 347 g/mol. The summed E-state index contributed by atoms with van der Waals surface area (Å²) in [5.41, 5.74) is 6.14. The number of hydrogen-bond donors (Lipinski definition) is 1. The van der Waals surface area contributed by atoms with Gasteiger partial charge in [0.1, 0.15) is 17.2 Å². The third kappa shape index (κ3) is 3.80. The van der Waals surface area contributed by atoms with Gasteiger partial charge in [-0.15, -0.1) is 13.2 Å². The van der Waals surface area contributed by atoms with Crippen LogP contribution in [0.2, 0.25) is 0 Å². The Morgan fingerprint density at radius 3 is 2.30 bits per heavy atom. The minimum Gasteiger partial charge on any atom is -0.455 e. The lowest BCUT2D eigenvalue weighted by molar-refractivity contribution is -0.274. The fourth-order valence-corrected chi connectivity index (χ4v) is 1.89. The number of ether oxygens (including phenoxy) is 2. The summed E-state index contributed by atoms with van der Waals surface area (Å²) < 4.78 is 45.8. The van der Waals surface area contributed by atoms with E-state index in [1.165, 1.54) is 12.1 Å². The molecule has 2 aromatic carbocycles. The summed E-state index contributed by atoms with van der Waals surface area (Å²) in [6.07, 6.45) is -4.74. The molecule has 0 atom stereocenters. The van der Waals surface area contributed by atoms with Gasteiger partial charge in [0.15, 0.2) is 0 Å². The average molecular weight is 348 g/mol. The fraction of sp³-hybridized carbons (Fsp3) is 0.0769. The molecular weight excluding hydrogens is 339 g/mol. The van der Waals surface area contributed by atoms with Gasteiger partial charge in [0.2, 0.25) is 0 Å². The van der Waals surface area contributed by atoms with Crippen LogP contribution in [0.4, 0.5) is 18.9 Å². The van der Waals surface area contributed by atoms with E-state index < -0.39 is 6.36 Å². The van der Waals surface area contributed by atoms with E-state index in [9.17, 15) is 13.2 Å². The Labute approximate surface area is 121 Å². The van der Waals surface area contributed by atoms with Crippen molar-refractivity contribution in [2.75, 3.05) is 5.73 Å². The number of para-hydroxylation sites is 2. The largest absolute Gasteiger partial charge is 0.573 e. The van der Waals surface area contributed by atoms with Crippen molar-refractivity contribution in [2.45, 2.75) is 6.36 Å². The zero-order valence-corrected chi connectivity index (χ0v) is 11.5. The van der Waals surface area contributed by atoms with Crippen molar-refractivity contribution in [1.82, 2.24) is 0 Å².